The number of thiazole rings is 1. The van der Waals surface area contributed by atoms with Crippen molar-refractivity contribution >= 4 is 23.2 Å². The number of nitrogens with zero attached hydrogens (tertiary/aromatic N) is 2. The zero-order chi connectivity index (χ0) is 15.0. The molecule has 0 aromatic carbocycles. The first-order valence-electron chi connectivity index (χ1n) is 6.90. The maximum atomic E-state index is 12.9. The van der Waals surface area contributed by atoms with E-state index in [4.69, 9.17) is 0 Å². The van der Waals surface area contributed by atoms with Crippen molar-refractivity contribution in [1.82, 2.24) is 15.2 Å². The summed E-state index contributed by atoms with van der Waals surface area (Å²) >= 11 is 1.50. The van der Waals surface area contributed by atoms with E-state index < -0.39 is 11.1 Å². The van der Waals surface area contributed by atoms with Crippen molar-refractivity contribution in [2.45, 2.75) is 58.2 Å². The van der Waals surface area contributed by atoms with Gasteiger partial charge < -0.3 is 10.2 Å². The van der Waals surface area contributed by atoms with Crippen molar-refractivity contribution in [2.24, 2.45) is 0 Å². The fourth-order valence-electron chi connectivity index (χ4n) is 2.52. The zero-order valence-corrected chi connectivity index (χ0v) is 13.2. The van der Waals surface area contributed by atoms with Gasteiger partial charge in [-0.15, -0.1) is 11.3 Å². The number of hydrogen-bond donors (Lipinski definition) is 1. The van der Waals surface area contributed by atoms with Crippen LogP contribution in [-0.4, -0.2) is 32.8 Å². The summed E-state index contributed by atoms with van der Waals surface area (Å²) in [4.78, 5) is 31.2. The SMILES string of the molecule is CCC1(CC)NC(=O)C(C)(C)N(Cc2nccs2)C1=O. The molecule has 1 saturated heterocycles. The summed E-state index contributed by atoms with van der Waals surface area (Å²) in [6, 6.07) is 0. The molecule has 1 fully saturated rings. The Morgan fingerprint density at radius 3 is 2.45 bits per heavy atom. The van der Waals surface area contributed by atoms with Gasteiger partial charge in [0.25, 0.3) is 0 Å². The van der Waals surface area contributed by atoms with Crippen molar-refractivity contribution in [3.63, 3.8) is 0 Å². The Kier molecular flexibility index (Phi) is 3.86. The number of rotatable bonds is 4. The van der Waals surface area contributed by atoms with Gasteiger partial charge in [0.1, 0.15) is 16.1 Å². The van der Waals surface area contributed by atoms with Crippen LogP contribution in [0.5, 0.6) is 0 Å². The van der Waals surface area contributed by atoms with Gasteiger partial charge in [-0.2, -0.15) is 0 Å². The van der Waals surface area contributed by atoms with E-state index in [9.17, 15) is 9.59 Å². The van der Waals surface area contributed by atoms with E-state index in [2.05, 4.69) is 10.3 Å². The summed E-state index contributed by atoms with van der Waals surface area (Å²) < 4.78 is 0. The third-order valence-corrected chi connectivity index (χ3v) is 4.99. The number of amides is 2. The summed E-state index contributed by atoms with van der Waals surface area (Å²) in [6.07, 6.45) is 2.91. The van der Waals surface area contributed by atoms with Crippen LogP contribution < -0.4 is 5.32 Å². The molecule has 2 heterocycles. The van der Waals surface area contributed by atoms with Crippen molar-refractivity contribution in [3.05, 3.63) is 16.6 Å². The molecule has 0 spiro atoms. The molecule has 1 aromatic rings. The Balaban J connectivity index is 2.38. The summed E-state index contributed by atoms with van der Waals surface area (Å²) in [5, 5.41) is 5.66. The van der Waals surface area contributed by atoms with Crippen molar-refractivity contribution in [2.75, 3.05) is 0 Å². The summed E-state index contributed by atoms with van der Waals surface area (Å²) in [5.74, 6) is -0.111. The minimum Gasteiger partial charge on any atom is -0.340 e. The van der Waals surface area contributed by atoms with Gasteiger partial charge in [0.2, 0.25) is 11.8 Å². The van der Waals surface area contributed by atoms with Crippen LogP contribution in [0.4, 0.5) is 0 Å². The number of carbonyl (C=O) groups excluding carboxylic acids is 2. The van der Waals surface area contributed by atoms with E-state index >= 15 is 0 Å². The molecule has 0 saturated carbocycles. The van der Waals surface area contributed by atoms with Gasteiger partial charge in [0, 0.05) is 11.6 Å². The third-order valence-electron chi connectivity index (χ3n) is 4.22. The molecule has 1 aromatic heterocycles. The molecule has 1 N–H and O–H groups in total. The van der Waals surface area contributed by atoms with E-state index in [-0.39, 0.29) is 11.8 Å². The lowest BCUT2D eigenvalue weighted by molar-refractivity contribution is -0.162. The number of hydrogen-bond acceptors (Lipinski definition) is 4. The highest BCUT2D eigenvalue weighted by Gasteiger charge is 2.52. The molecule has 20 heavy (non-hydrogen) atoms. The Hall–Kier alpha value is -1.43. The lowest BCUT2D eigenvalue weighted by atomic mass is 9.83. The Morgan fingerprint density at radius 1 is 1.30 bits per heavy atom. The van der Waals surface area contributed by atoms with Crippen LogP contribution in [0.15, 0.2) is 11.6 Å². The van der Waals surface area contributed by atoms with Crippen LogP contribution in [0.2, 0.25) is 0 Å². The third kappa shape index (κ3) is 2.22. The number of carbonyl (C=O) groups is 2. The molecule has 0 atom stereocenters. The van der Waals surface area contributed by atoms with Gasteiger partial charge in [-0.3, -0.25) is 9.59 Å². The Bertz CT molecular complexity index is 506. The van der Waals surface area contributed by atoms with Gasteiger partial charge >= 0.3 is 0 Å². The number of aromatic nitrogens is 1. The molecule has 0 aliphatic carbocycles. The second-order valence-corrected chi connectivity index (χ2v) is 6.60. The van der Waals surface area contributed by atoms with Gasteiger partial charge in [0.15, 0.2) is 0 Å². The van der Waals surface area contributed by atoms with Crippen LogP contribution in [-0.2, 0) is 16.1 Å². The average Bonchev–Trinajstić information content (AvgIpc) is 2.92. The fraction of sp³-hybridized carbons (Fsp3) is 0.643. The lowest BCUT2D eigenvalue weighted by Gasteiger charge is -2.49. The summed E-state index contributed by atoms with van der Waals surface area (Å²) in [5.41, 5.74) is -1.62. The standard InChI is InChI=1S/C14H21N3O2S/c1-5-14(6-2)12(19)17(9-10-15-7-8-20-10)13(3,4)11(18)16-14/h7-8H,5-6,9H2,1-4H3,(H,16,18). The molecule has 0 radical (unpaired) electrons. The summed E-state index contributed by atoms with van der Waals surface area (Å²) in [6.45, 7) is 7.81. The zero-order valence-electron chi connectivity index (χ0n) is 12.4. The molecule has 1 aliphatic rings. The molecule has 6 heteroatoms. The molecule has 0 bridgehead atoms. The number of nitrogens with one attached hydrogen (secondary N) is 1. The minimum absolute atomic E-state index is 0.0118. The minimum atomic E-state index is -0.851. The average molecular weight is 295 g/mol. The van der Waals surface area contributed by atoms with E-state index in [1.54, 1.807) is 24.9 Å². The van der Waals surface area contributed by atoms with Gasteiger partial charge in [-0.05, 0) is 26.7 Å². The molecular formula is C14H21N3O2S. The van der Waals surface area contributed by atoms with Crippen molar-refractivity contribution in [3.8, 4) is 0 Å². The van der Waals surface area contributed by atoms with E-state index in [0.717, 1.165) is 5.01 Å². The molecule has 110 valence electrons. The van der Waals surface area contributed by atoms with Gasteiger partial charge in [0.05, 0.1) is 6.54 Å². The van der Waals surface area contributed by atoms with Crippen LogP contribution in [0.25, 0.3) is 0 Å². The van der Waals surface area contributed by atoms with E-state index in [1.165, 1.54) is 11.3 Å². The normalized spacial score (nSPS) is 20.9. The molecule has 2 rings (SSSR count). The highest BCUT2D eigenvalue weighted by atomic mass is 32.1. The number of piperazine rings is 1. The smallest absolute Gasteiger partial charge is 0.249 e. The predicted octanol–water partition coefficient (Wildman–Crippen LogP) is 1.94. The van der Waals surface area contributed by atoms with Crippen molar-refractivity contribution < 1.29 is 9.59 Å². The van der Waals surface area contributed by atoms with Gasteiger partial charge in [-0.1, -0.05) is 13.8 Å². The van der Waals surface area contributed by atoms with Gasteiger partial charge in [-0.25, -0.2) is 4.98 Å². The summed E-state index contributed by atoms with van der Waals surface area (Å²) in [7, 11) is 0. The first kappa shape index (κ1) is 15.0. The molecule has 5 nitrogen and oxygen atoms in total. The maximum absolute atomic E-state index is 12.9. The first-order chi connectivity index (χ1) is 9.37. The first-order valence-corrected chi connectivity index (χ1v) is 7.78. The lowest BCUT2D eigenvalue weighted by Crippen LogP contribution is -2.73. The molecule has 0 unspecified atom stereocenters. The second kappa shape index (κ2) is 5.16. The van der Waals surface area contributed by atoms with Crippen molar-refractivity contribution in [1.29, 1.82) is 0 Å². The highest BCUT2D eigenvalue weighted by Crippen LogP contribution is 2.31. The monoisotopic (exact) mass is 295 g/mol. The van der Waals surface area contributed by atoms with Crippen LogP contribution in [0.3, 0.4) is 0 Å². The predicted molar refractivity (Wildman–Crippen MR) is 78.2 cm³/mol. The van der Waals surface area contributed by atoms with Crippen LogP contribution in [0, 0.1) is 0 Å². The quantitative estimate of drug-likeness (QED) is 0.923. The maximum Gasteiger partial charge on any atom is 0.249 e. The largest absolute Gasteiger partial charge is 0.340 e. The molecule has 2 amide bonds. The van der Waals surface area contributed by atoms with E-state index in [1.807, 2.05) is 19.2 Å². The fourth-order valence-corrected chi connectivity index (χ4v) is 3.13. The topological polar surface area (TPSA) is 62.3 Å². The van der Waals surface area contributed by atoms with E-state index in [0.29, 0.717) is 19.4 Å². The van der Waals surface area contributed by atoms with Crippen LogP contribution in [0.1, 0.15) is 45.5 Å². The molecular weight excluding hydrogens is 274 g/mol. The Morgan fingerprint density at radius 2 is 1.95 bits per heavy atom. The Labute approximate surface area is 123 Å². The second-order valence-electron chi connectivity index (χ2n) is 5.62. The van der Waals surface area contributed by atoms with Crippen LogP contribution >= 0.6 is 11.3 Å². The molecule has 1 aliphatic heterocycles. The highest BCUT2D eigenvalue weighted by molar-refractivity contribution is 7.09.